The number of alkyl halides is 3. The van der Waals surface area contributed by atoms with Gasteiger partial charge >= 0.3 is 5.51 Å². The average molecular weight is 561 g/mol. The Morgan fingerprint density at radius 2 is 1.56 bits per heavy atom. The lowest BCUT2D eigenvalue weighted by atomic mass is 10.2. The van der Waals surface area contributed by atoms with Crippen LogP contribution in [0.25, 0.3) is 0 Å². The Hall–Kier alpha value is -2.87. The van der Waals surface area contributed by atoms with Gasteiger partial charge in [-0.25, -0.2) is 21.8 Å². The van der Waals surface area contributed by atoms with Crippen molar-refractivity contribution < 1.29 is 30.0 Å². The first kappa shape index (κ1) is 26.2. The van der Waals surface area contributed by atoms with Crippen LogP contribution in [-0.2, 0) is 26.4 Å². The predicted octanol–water partition coefficient (Wildman–Crippen LogP) is 4.11. The maximum atomic E-state index is 12.7. The molecule has 192 valence electrons. The highest BCUT2D eigenvalue weighted by Gasteiger charge is 2.46. The van der Waals surface area contributed by atoms with Crippen LogP contribution in [-0.4, -0.2) is 52.0 Å². The van der Waals surface area contributed by atoms with Crippen LogP contribution in [0.3, 0.4) is 0 Å². The van der Waals surface area contributed by atoms with E-state index < -0.39 is 30.3 Å². The van der Waals surface area contributed by atoms with E-state index in [-0.39, 0.29) is 10.7 Å². The zero-order valence-electron chi connectivity index (χ0n) is 18.5. The molecule has 0 spiro atoms. The number of benzene rings is 2. The molecular formula is C22H20ClF3N4O4S2. The van der Waals surface area contributed by atoms with Crippen LogP contribution >= 0.6 is 11.6 Å². The van der Waals surface area contributed by atoms with Crippen molar-refractivity contribution in [2.75, 3.05) is 29.4 Å². The lowest BCUT2D eigenvalue weighted by molar-refractivity contribution is -0.0436. The van der Waals surface area contributed by atoms with Crippen molar-refractivity contribution in [1.29, 1.82) is 0 Å². The van der Waals surface area contributed by atoms with Gasteiger partial charge in [-0.3, -0.25) is 9.62 Å². The molecule has 1 aromatic heterocycles. The Kier molecular flexibility index (Phi) is 7.19. The number of nitrogens with zero attached hydrogens (tertiary/aromatic N) is 3. The van der Waals surface area contributed by atoms with Crippen LogP contribution in [0.5, 0.6) is 0 Å². The molecule has 4 rings (SSSR count). The number of halogens is 4. The third kappa shape index (κ3) is 5.75. The molecule has 1 N–H and O–H groups in total. The number of nitrogens with one attached hydrogen (secondary N) is 1. The summed E-state index contributed by atoms with van der Waals surface area (Å²) in [7, 11) is -9.24. The van der Waals surface area contributed by atoms with Crippen molar-refractivity contribution in [1.82, 2.24) is 9.88 Å². The minimum atomic E-state index is -5.39. The van der Waals surface area contributed by atoms with Gasteiger partial charge in [0, 0.05) is 36.5 Å². The Bertz CT molecular complexity index is 1450. The molecule has 1 aliphatic rings. The van der Waals surface area contributed by atoms with Crippen LogP contribution < -0.4 is 9.62 Å². The van der Waals surface area contributed by atoms with E-state index in [4.69, 9.17) is 11.6 Å². The summed E-state index contributed by atoms with van der Waals surface area (Å²) in [6.07, 6.45) is 1.49. The summed E-state index contributed by atoms with van der Waals surface area (Å²) >= 11 is 5.81. The Balaban J connectivity index is 1.40. The molecule has 3 aromatic rings. The fourth-order valence-electron chi connectivity index (χ4n) is 3.65. The Morgan fingerprint density at radius 3 is 2.19 bits per heavy atom. The average Bonchev–Trinajstić information content (AvgIpc) is 3.27. The van der Waals surface area contributed by atoms with Gasteiger partial charge < -0.3 is 4.90 Å². The molecule has 0 aliphatic carbocycles. The second-order valence-electron chi connectivity index (χ2n) is 8.01. The first-order valence-corrected chi connectivity index (χ1v) is 13.8. The van der Waals surface area contributed by atoms with Crippen LogP contribution in [0.1, 0.15) is 5.56 Å². The number of hydrogen-bond acceptors (Lipinski definition) is 7. The quantitative estimate of drug-likeness (QED) is 0.464. The molecule has 0 atom stereocenters. The number of hydrogen-bond donors (Lipinski definition) is 1. The first-order valence-electron chi connectivity index (χ1n) is 10.5. The van der Waals surface area contributed by atoms with E-state index in [1.807, 2.05) is 9.80 Å². The van der Waals surface area contributed by atoms with Gasteiger partial charge in [0.05, 0.1) is 16.5 Å². The van der Waals surface area contributed by atoms with E-state index in [1.54, 1.807) is 12.1 Å². The molecule has 14 heteroatoms. The summed E-state index contributed by atoms with van der Waals surface area (Å²) in [6, 6.07) is 13.7. The van der Waals surface area contributed by atoms with Gasteiger partial charge in [-0.2, -0.15) is 13.2 Å². The molecule has 2 aromatic carbocycles. The number of rotatable bonds is 7. The second-order valence-corrected chi connectivity index (χ2v) is 12.1. The van der Waals surface area contributed by atoms with Crippen LogP contribution in [0.4, 0.5) is 24.7 Å². The molecule has 0 saturated carbocycles. The van der Waals surface area contributed by atoms with E-state index in [9.17, 15) is 30.0 Å². The zero-order valence-corrected chi connectivity index (χ0v) is 20.9. The number of sulfone groups is 1. The molecule has 2 heterocycles. The third-order valence-corrected chi connectivity index (χ3v) is 8.59. The van der Waals surface area contributed by atoms with E-state index in [1.165, 1.54) is 42.6 Å². The van der Waals surface area contributed by atoms with Gasteiger partial charge in [0.2, 0.25) is 0 Å². The van der Waals surface area contributed by atoms with Crippen LogP contribution in [0, 0.1) is 0 Å². The van der Waals surface area contributed by atoms with Crippen molar-refractivity contribution in [2.24, 2.45) is 0 Å². The monoisotopic (exact) mass is 560 g/mol. The fraction of sp³-hybridized carbons (Fsp3) is 0.227. The highest BCUT2D eigenvalue weighted by Crippen LogP contribution is 2.31. The van der Waals surface area contributed by atoms with Crippen molar-refractivity contribution in [3.05, 3.63) is 77.4 Å². The van der Waals surface area contributed by atoms with Crippen molar-refractivity contribution in [2.45, 2.75) is 21.8 Å². The molecule has 1 saturated heterocycles. The third-order valence-electron chi connectivity index (χ3n) is 5.47. The van der Waals surface area contributed by atoms with E-state index in [0.29, 0.717) is 37.0 Å². The standard InChI is InChI=1S/C22H20ClF3N4O4S2/c23-17-1-5-20(6-2-17)36(33,34)28-21-13-16(9-10-27-21)14-29-11-12-30(15-29)18-3-7-19(8-4-18)35(31,32)22(24,25)26/h1-10,13H,11-12,14-15H2,(H,27,28). The maximum Gasteiger partial charge on any atom is 0.501 e. The highest BCUT2D eigenvalue weighted by atomic mass is 35.5. The van der Waals surface area contributed by atoms with Crippen molar-refractivity contribution in [3.8, 4) is 0 Å². The molecule has 1 fully saturated rings. The maximum absolute atomic E-state index is 12.7. The van der Waals surface area contributed by atoms with E-state index in [2.05, 4.69) is 9.71 Å². The minimum absolute atomic E-state index is 0.0448. The molecular weight excluding hydrogens is 541 g/mol. The van der Waals surface area contributed by atoms with Gasteiger partial charge in [-0.05, 0) is 66.2 Å². The summed E-state index contributed by atoms with van der Waals surface area (Å²) in [4.78, 5) is 7.26. The molecule has 1 aliphatic heterocycles. The topological polar surface area (TPSA) is 99.7 Å². The molecule has 36 heavy (non-hydrogen) atoms. The van der Waals surface area contributed by atoms with Crippen molar-refractivity contribution in [3.63, 3.8) is 0 Å². The SMILES string of the molecule is O=S(=O)(Nc1cc(CN2CCN(c3ccc(S(=O)(=O)C(F)(F)F)cc3)C2)ccn1)c1ccc(Cl)cc1. The Labute approximate surface area is 211 Å². The first-order chi connectivity index (χ1) is 16.8. The number of pyridine rings is 1. The second kappa shape index (κ2) is 9.88. The van der Waals surface area contributed by atoms with Crippen molar-refractivity contribution >= 4 is 43.0 Å². The molecule has 0 radical (unpaired) electrons. The molecule has 0 bridgehead atoms. The number of aromatic nitrogens is 1. The van der Waals surface area contributed by atoms with Gasteiger partial charge in [0.25, 0.3) is 19.9 Å². The van der Waals surface area contributed by atoms with Gasteiger partial charge in [-0.1, -0.05) is 11.6 Å². The van der Waals surface area contributed by atoms with Gasteiger partial charge in [-0.15, -0.1) is 0 Å². The molecule has 8 nitrogen and oxygen atoms in total. The number of anilines is 2. The van der Waals surface area contributed by atoms with E-state index >= 15 is 0 Å². The smallest absolute Gasteiger partial charge is 0.357 e. The molecule has 0 amide bonds. The zero-order chi connectivity index (χ0) is 26.1. The van der Waals surface area contributed by atoms with Crippen LogP contribution in [0.15, 0.2) is 76.7 Å². The highest BCUT2D eigenvalue weighted by molar-refractivity contribution is 7.92. The van der Waals surface area contributed by atoms with Gasteiger partial charge in [0.1, 0.15) is 5.82 Å². The summed E-state index contributed by atoms with van der Waals surface area (Å²) in [5, 5.41) is 0.413. The Morgan fingerprint density at radius 1 is 0.917 bits per heavy atom. The van der Waals surface area contributed by atoms with Crippen LogP contribution in [0.2, 0.25) is 5.02 Å². The summed E-state index contributed by atoms with van der Waals surface area (Å²) < 4.78 is 89.0. The lowest BCUT2D eigenvalue weighted by Gasteiger charge is -2.20. The largest absolute Gasteiger partial charge is 0.501 e. The number of sulfonamides is 1. The van der Waals surface area contributed by atoms with E-state index in [0.717, 1.165) is 17.7 Å². The van der Waals surface area contributed by atoms with Gasteiger partial charge in [0.15, 0.2) is 0 Å². The summed E-state index contributed by atoms with van der Waals surface area (Å²) in [5.41, 5.74) is -3.97. The lowest BCUT2D eigenvalue weighted by Crippen LogP contribution is -2.25. The molecule has 0 unspecified atom stereocenters. The normalized spacial score (nSPS) is 15.3. The minimum Gasteiger partial charge on any atom is -0.357 e. The summed E-state index contributed by atoms with van der Waals surface area (Å²) in [6.45, 7) is 2.12. The fourth-order valence-corrected chi connectivity index (χ4v) is 5.54. The summed E-state index contributed by atoms with van der Waals surface area (Å²) in [5.74, 6) is 0.153. The predicted molar refractivity (Wildman–Crippen MR) is 129 cm³/mol.